The van der Waals surface area contributed by atoms with Gasteiger partial charge >= 0.3 is 0 Å². The summed E-state index contributed by atoms with van der Waals surface area (Å²) in [5.41, 5.74) is 7.74. The van der Waals surface area contributed by atoms with E-state index < -0.39 is 0 Å². The van der Waals surface area contributed by atoms with Crippen molar-refractivity contribution in [3.05, 3.63) is 24.2 Å². The van der Waals surface area contributed by atoms with Crippen LogP contribution in [0.2, 0.25) is 0 Å². The summed E-state index contributed by atoms with van der Waals surface area (Å²) in [6.07, 6.45) is 9.46. The zero-order valence-corrected chi connectivity index (χ0v) is 8.76. The largest absolute Gasteiger partial charge is 0.328 e. The lowest BCUT2D eigenvalue weighted by molar-refractivity contribution is 0.533. The van der Waals surface area contributed by atoms with Crippen molar-refractivity contribution in [2.45, 2.75) is 38.3 Å². The second-order valence-electron chi connectivity index (χ2n) is 4.29. The standard InChI is InChI=1S/C11H16N4/c12-8-9-7-11-14(5-6-15(11)13-9)10-3-1-2-4-10/h5-7,10H,1-4,8,12H2. The number of imidazole rings is 1. The highest BCUT2D eigenvalue weighted by Gasteiger charge is 2.18. The van der Waals surface area contributed by atoms with Crippen molar-refractivity contribution >= 4 is 5.65 Å². The first-order valence-corrected chi connectivity index (χ1v) is 5.63. The Balaban J connectivity index is 2.05. The third-order valence-electron chi connectivity index (χ3n) is 3.33. The molecule has 0 bridgehead atoms. The number of aromatic nitrogens is 3. The fourth-order valence-corrected chi connectivity index (χ4v) is 2.54. The maximum atomic E-state index is 5.59. The van der Waals surface area contributed by atoms with E-state index in [0.717, 1.165) is 5.69 Å². The molecule has 1 saturated carbocycles. The Morgan fingerprint density at radius 3 is 2.87 bits per heavy atom. The first-order valence-electron chi connectivity index (χ1n) is 5.63. The van der Waals surface area contributed by atoms with Crippen LogP contribution in [0.5, 0.6) is 0 Å². The van der Waals surface area contributed by atoms with Crippen LogP contribution < -0.4 is 5.73 Å². The summed E-state index contributed by atoms with van der Waals surface area (Å²) in [5.74, 6) is 0. The number of fused-ring (bicyclic) bond motifs is 1. The summed E-state index contributed by atoms with van der Waals surface area (Å²) in [6, 6.07) is 2.77. The smallest absolute Gasteiger partial charge is 0.136 e. The van der Waals surface area contributed by atoms with E-state index in [1.807, 2.05) is 10.7 Å². The van der Waals surface area contributed by atoms with Crippen LogP contribution in [0.1, 0.15) is 37.4 Å². The molecule has 0 atom stereocenters. The van der Waals surface area contributed by atoms with E-state index in [9.17, 15) is 0 Å². The first kappa shape index (κ1) is 8.97. The third kappa shape index (κ3) is 1.36. The van der Waals surface area contributed by atoms with Gasteiger partial charge in [-0.2, -0.15) is 5.10 Å². The van der Waals surface area contributed by atoms with E-state index in [4.69, 9.17) is 5.73 Å². The molecular formula is C11H16N4. The van der Waals surface area contributed by atoms with E-state index in [1.165, 1.54) is 31.3 Å². The molecule has 0 aromatic carbocycles. The van der Waals surface area contributed by atoms with Gasteiger partial charge in [0.1, 0.15) is 5.65 Å². The molecule has 0 aliphatic heterocycles. The SMILES string of the molecule is NCc1cc2n(C3CCCC3)ccn2n1. The van der Waals surface area contributed by atoms with E-state index in [0.29, 0.717) is 12.6 Å². The Bertz CT molecular complexity index is 462. The topological polar surface area (TPSA) is 48.2 Å². The normalized spacial score (nSPS) is 17.9. The van der Waals surface area contributed by atoms with Gasteiger partial charge in [0, 0.05) is 31.0 Å². The second-order valence-corrected chi connectivity index (χ2v) is 4.29. The summed E-state index contributed by atoms with van der Waals surface area (Å²) >= 11 is 0. The van der Waals surface area contributed by atoms with Crippen LogP contribution in [0.15, 0.2) is 18.5 Å². The Kier molecular flexibility index (Phi) is 2.02. The van der Waals surface area contributed by atoms with Crippen LogP contribution in [0.25, 0.3) is 5.65 Å². The van der Waals surface area contributed by atoms with Crippen molar-refractivity contribution in [3.63, 3.8) is 0 Å². The monoisotopic (exact) mass is 204 g/mol. The maximum absolute atomic E-state index is 5.59. The van der Waals surface area contributed by atoms with Gasteiger partial charge in [0.25, 0.3) is 0 Å². The molecular weight excluding hydrogens is 188 g/mol. The average Bonchev–Trinajstić information content (AvgIpc) is 2.92. The number of nitrogens with zero attached hydrogens (tertiary/aromatic N) is 3. The van der Waals surface area contributed by atoms with Gasteiger partial charge < -0.3 is 10.3 Å². The van der Waals surface area contributed by atoms with Crippen molar-refractivity contribution in [1.29, 1.82) is 0 Å². The summed E-state index contributed by atoms with van der Waals surface area (Å²) in [5, 5.41) is 4.39. The van der Waals surface area contributed by atoms with E-state index >= 15 is 0 Å². The van der Waals surface area contributed by atoms with Crippen LogP contribution in [-0.4, -0.2) is 14.2 Å². The molecule has 0 radical (unpaired) electrons. The third-order valence-corrected chi connectivity index (χ3v) is 3.33. The lowest BCUT2D eigenvalue weighted by Crippen LogP contribution is -2.02. The summed E-state index contributed by atoms with van der Waals surface area (Å²) in [4.78, 5) is 0. The fraction of sp³-hybridized carbons (Fsp3) is 0.545. The molecule has 0 spiro atoms. The molecule has 15 heavy (non-hydrogen) atoms. The van der Waals surface area contributed by atoms with Crippen molar-refractivity contribution in [3.8, 4) is 0 Å². The average molecular weight is 204 g/mol. The molecule has 2 heterocycles. The van der Waals surface area contributed by atoms with E-state index in [-0.39, 0.29) is 0 Å². The highest BCUT2D eigenvalue weighted by Crippen LogP contribution is 2.31. The van der Waals surface area contributed by atoms with Crippen molar-refractivity contribution in [2.24, 2.45) is 5.73 Å². The van der Waals surface area contributed by atoms with Crippen LogP contribution in [0.4, 0.5) is 0 Å². The molecule has 3 rings (SSSR count). The Morgan fingerprint density at radius 2 is 2.13 bits per heavy atom. The quantitative estimate of drug-likeness (QED) is 0.809. The van der Waals surface area contributed by atoms with Crippen LogP contribution in [0.3, 0.4) is 0 Å². The zero-order valence-electron chi connectivity index (χ0n) is 8.76. The van der Waals surface area contributed by atoms with Gasteiger partial charge in [-0.3, -0.25) is 0 Å². The molecule has 1 aliphatic carbocycles. The maximum Gasteiger partial charge on any atom is 0.136 e. The number of hydrogen-bond donors (Lipinski definition) is 1. The number of nitrogens with two attached hydrogens (primary N) is 1. The van der Waals surface area contributed by atoms with Crippen LogP contribution in [-0.2, 0) is 6.54 Å². The van der Waals surface area contributed by atoms with E-state index in [2.05, 4.69) is 21.9 Å². The predicted octanol–water partition coefficient (Wildman–Crippen LogP) is 1.71. The molecule has 2 aromatic rings. The minimum absolute atomic E-state index is 0.520. The fourth-order valence-electron chi connectivity index (χ4n) is 2.54. The molecule has 80 valence electrons. The second kappa shape index (κ2) is 3.38. The van der Waals surface area contributed by atoms with Crippen LogP contribution in [0, 0.1) is 0 Å². The van der Waals surface area contributed by atoms with Crippen LogP contribution >= 0.6 is 0 Å². The minimum atomic E-state index is 0.520. The van der Waals surface area contributed by atoms with Gasteiger partial charge in [0.2, 0.25) is 0 Å². The Labute approximate surface area is 88.7 Å². The molecule has 0 unspecified atom stereocenters. The molecule has 0 amide bonds. The summed E-state index contributed by atoms with van der Waals surface area (Å²) < 4.78 is 4.28. The van der Waals surface area contributed by atoms with Crippen molar-refractivity contribution in [2.75, 3.05) is 0 Å². The van der Waals surface area contributed by atoms with Crippen molar-refractivity contribution in [1.82, 2.24) is 14.2 Å². The first-order chi connectivity index (χ1) is 7.38. The number of rotatable bonds is 2. The highest BCUT2D eigenvalue weighted by molar-refractivity contribution is 5.41. The van der Waals surface area contributed by atoms with Crippen molar-refractivity contribution < 1.29 is 0 Å². The van der Waals surface area contributed by atoms with Gasteiger partial charge in [-0.25, -0.2) is 4.52 Å². The molecule has 1 aliphatic rings. The van der Waals surface area contributed by atoms with Gasteiger partial charge in [-0.1, -0.05) is 12.8 Å². The lowest BCUT2D eigenvalue weighted by atomic mass is 10.2. The van der Waals surface area contributed by atoms with Gasteiger partial charge in [-0.05, 0) is 12.8 Å². The summed E-state index contributed by atoms with van der Waals surface area (Å²) in [6.45, 7) is 0.520. The Hall–Kier alpha value is -1.29. The Morgan fingerprint density at radius 1 is 1.33 bits per heavy atom. The molecule has 4 nitrogen and oxygen atoms in total. The molecule has 0 saturated heterocycles. The summed E-state index contributed by atoms with van der Waals surface area (Å²) in [7, 11) is 0. The van der Waals surface area contributed by atoms with Gasteiger partial charge in [-0.15, -0.1) is 0 Å². The molecule has 1 fully saturated rings. The van der Waals surface area contributed by atoms with Gasteiger partial charge in [0.15, 0.2) is 0 Å². The van der Waals surface area contributed by atoms with E-state index in [1.54, 1.807) is 0 Å². The molecule has 2 aromatic heterocycles. The minimum Gasteiger partial charge on any atom is -0.328 e. The molecule has 2 N–H and O–H groups in total. The predicted molar refractivity (Wildman–Crippen MR) is 58.6 cm³/mol. The lowest BCUT2D eigenvalue weighted by Gasteiger charge is -2.10. The zero-order chi connectivity index (χ0) is 10.3. The number of hydrogen-bond acceptors (Lipinski definition) is 2. The molecule has 4 heteroatoms. The van der Waals surface area contributed by atoms with Gasteiger partial charge in [0.05, 0.1) is 5.69 Å². The highest BCUT2D eigenvalue weighted by atomic mass is 15.3.